The van der Waals surface area contributed by atoms with Gasteiger partial charge in [-0.1, -0.05) is 38.3 Å². The minimum absolute atomic E-state index is 0.0734. The quantitative estimate of drug-likeness (QED) is 0.209. The summed E-state index contributed by atoms with van der Waals surface area (Å²) in [5, 5.41) is 8.54. The van der Waals surface area contributed by atoms with Crippen molar-refractivity contribution < 1.29 is 4.39 Å². The molecule has 3 heterocycles. The van der Waals surface area contributed by atoms with Crippen LogP contribution in [-0.2, 0) is 5.41 Å². The summed E-state index contributed by atoms with van der Waals surface area (Å²) in [4.78, 5) is 20.6. The van der Waals surface area contributed by atoms with E-state index in [-0.39, 0.29) is 11.2 Å². The molecule has 0 amide bonds. The van der Waals surface area contributed by atoms with E-state index < -0.39 is 0 Å². The predicted molar refractivity (Wildman–Crippen MR) is 154 cm³/mol. The van der Waals surface area contributed by atoms with Crippen LogP contribution >= 0.6 is 24.0 Å². The van der Waals surface area contributed by atoms with E-state index in [0.29, 0.717) is 28.7 Å². The first-order valence-corrected chi connectivity index (χ1v) is 14.6. The number of benzene rings is 1. The molecule has 1 saturated carbocycles. The van der Waals surface area contributed by atoms with Gasteiger partial charge in [0.1, 0.15) is 16.7 Å². The molecule has 1 aliphatic carbocycles. The number of rotatable bonds is 7. The second-order valence-electron chi connectivity index (χ2n) is 10.4. The molecule has 5 rings (SSSR count). The molecule has 10 heteroatoms. The van der Waals surface area contributed by atoms with E-state index in [1.54, 1.807) is 30.6 Å². The molecule has 2 N–H and O–H groups in total. The van der Waals surface area contributed by atoms with Crippen LogP contribution < -0.4 is 15.5 Å². The molecule has 2 fully saturated rings. The summed E-state index contributed by atoms with van der Waals surface area (Å²) in [7, 11) is 0. The number of thiocarbonyl (C=S) groups is 1. The Hall–Kier alpha value is -2.85. The van der Waals surface area contributed by atoms with Gasteiger partial charge in [-0.15, -0.1) is 0 Å². The molecular weight excluding hydrogens is 517 g/mol. The Morgan fingerprint density at radius 2 is 1.87 bits per heavy atom. The number of nitrogens with zero attached hydrogens (tertiary/aromatic N) is 5. The highest BCUT2D eigenvalue weighted by Gasteiger charge is 2.34. The van der Waals surface area contributed by atoms with Gasteiger partial charge in [-0.3, -0.25) is 0 Å². The fourth-order valence-electron chi connectivity index (χ4n) is 5.51. The first-order chi connectivity index (χ1) is 18.5. The summed E-state index contributed by atoms with van der Waals surface area (Å²) in [6.07, 6.45) is 11.5. The Morgan fingerprint density at radius 1 is 1.11 bits per heavy atom. The highest BCUT2D eigenvalue weighted by Crippen LogP contribution is 2.39. The third-order valence-corrected chi connectivity index (χ3v) is 8.55. The Kier molecular flexibility index (Phi) is 8.68. The lowest BCUT2D eigenvalue weighted by molar-refractivity contribution is 0.292. The van der Waals surface area contributed by atoms with Crippen LogP contribution in [0.15, 0.2) is 59.0 Å². The second-order valence-corrected chi connectivity index (χ2v) is 11.8. The van der Waals surface area contributed by atoms with Crippen molar-refractivity contribution in [1.82, 2.24) is 25.3 Å². The zero-order chi connectivity index (χ0) is 26.4. The number of aromatic nitrogens is 4. The van der Waals surface area contributed by atoms with Crippen LogP contribution in [-0.4, -0.2) is 44.7 Å². The molecule has 3 aromatic rings. The molecule has 0 unspecified atom stereocenters. The first-order valence-electron chi connectivity index (χ1n) is 13.4. The monoisotopic (exact) mass is 551 g/mol. The smallest absolute Gasteiger partial charge is 0.232 e. The summed E-state index contributed by atoms with van der Waals surface area (Å²) in [6.45, 7) is 4.88. The van der Waals surface area contributed by atoms with Gasteiger partial charge in [0.15, 0.2) is 10.3 Å². The maximum absolute atomic E-state index is 13.6. The normalized spacial score (nSPS) is 19.1. The first kappa shape index (κ1) is 26.7. The highest BCUT2D eigenvalue weighted by molar-refractivity contribution is 7.99. The maximum atomic E-state index is 13.6. The lowest BCUT2D eigenvalue weighted by Gasteiger charge is -2.38. The Morgan fingerprint density at radius 3 is 2.61 bits per heavy atom. The van der Waals surface area contributed by atoms with E-state index in [1.807, 2.05) is 18.2 Å². The van der Waals surface area contributed by atoms with Crippen molar-refractivity contribution in [3.63, 3.8) is 0 Å². The average molecular weight is 552 g/mol. The van der Waals surface area contributed by atoms with E-state index in [4.69, 9.17) is 22.2 Å². The van der Waals surface area contributed by atoms with Crippen molar-refractivity contribution in [2.75, 3.05) is 29.9 Å². The molecule has 200 valence electrons. The lowest BCUT2D eigenvalue weighted by Crippen LogP contribution is -2.43. The van der Waals surface area contributed by atoms with Crippen LogP contribution in [0.4, 0.5) is 16.2 Å². The molecule has 2 aliphatic rings. The fraction of sp³-hybridized carbons (Fsp3) is 0.464. The largest absolute Gasteiger partial charge is 0.361 e. The van der Waals surface area contributed by atoms with E-state index in [1.165, 1.54) is 24.6 Å². The van der Waals surface area contributed by atoms with Crippen LogP contribution in [0.2, 0.25) is 0 Å². The maximum Gasteiger partial charge on any atom is 0.232 e. The minimum atomic E-state index is -0.209. The van der Waals surface area contributed by atoms with Gasteiger partial charge in [-0.25, -0.2) is 19.3 Å². The molecule has 0 spiro atoms. The van der Waals surface area contributed by atoms with Crippen molar-refractivity contribution >= 4 is 40.9 Å². The summed E-state index contributed by atoms with van der Waals surface area (Å²) >= 11 is 7.12. The Bertz CT molecular complexity index is 1220. The van der Waals surface area contributed by atoms with Crippen LogP contribution in [0.3, 0.4) is 0 Å². The summed E-state index contributed by atoms with van der Waals surface area (Å²) < 4.78 is 13.6. The number of anilines is 2. The van der Waals surface area contributed by atoms with Gasteiger partial charge in [-0.2, -0.15) is 4.98 Å². The molecule has 1 saturated heterocycles. The van der Waals surface area contributed by atoms with Crippen LogP contribution in [0.5, 0.6) is 0 Å². The Balaban J connectivity index is 1.33. The molecule has 1 aromatic carbocycles. The fourth-order valence-corrected chi connectivity index (χ4v) is 6.38. The van der Waals surface area contributed by atoms with Gasteiger partial charge in [0, 0.05) is 43.5 Å². The number of hydrogen-bond donors (Lipinski definition) is 2. The van der Waals surface area contributed by atoms with Crippen LogP contribution in [0.25, 0.3) is 0 Å². The average Bonchev–Trinajstić information content (AvgIpc) is 2.93. The Labute approximate surface area is 233 Å². The van der Waals surface area contributed by atoms with E-state index in [9.17, 15) is 4.39 Å². The second kappa shape index (κ2) is 12.3. The van der Waals surface area contributed by atoms with Crippen LogP contribution in [0, 0.1) is 11.7 Å². The molecule has 1 atom stereocenters. The topological polar surface area (TPSA) is 78.9 Å². The third-order valence-electron chi connectivity index (χ3n) is 7.49. The zero-order valence-corrected chi connectivity index (χ0v) is 23.3. The number of piperidine rings is 1. The molecular formula is C28H34FN7S2. The van der Waals surface area contributed by atoms with Gasteiger partial charge < -0.3 is 15.5 Å². The van der Waals surface area contributed by atoms with E-state index in [2.05, 4.69) is 32.4 Å². The molecule has 7 nitrogen and oxygen atoms in total. The minimum Gasteiger partial charge on any atom is -0.361 e. The van der Waals surface area contributed by atoms with Crippen molar-refractivity contribution in [2.45, 2.75) is 67.5 Å². The summed E-state index contributed by atoms with van der Waals surface area (Å²) in [5.41, 5.74) is 1.09. The summed E-state index contributed by atoms with van der Waals surface area (Å²) in [6, 6.07) is 10.7. The predicted octanol–water partition coefficient (Wildman–Crippen LogP) is 5.98. The van der Waals surface area contributed by atoms with Gasteiger partial charge in [-0.05, 0) is 79.3 Å². The molecule has 38 heavy (non-hydrogen) atoms. The van der Waals surface area contributed by atoms with Gasteiger partial charge in [0.2, 0.25) is 5.95 Å². The molecule has 2 aromatic heterocycles. The van der Waals surface area contributed by atoms with Crippen molar-refractivity contribution in [1.29, 1.82) is 0 Å². The zero-order valence-electron chi connectivity index (χ0n) is 21.7. The van der Waals surface area contributed by atoms with E-state index in [0.717, 1.165) is 61.6 Å². The SMILES string of the molecule is C[C@H]1CCCN(c2cc(Sc3ncccn3)nc(NC(=S)NCC3(c4ccc(F)cc4)CCCCC3)n2)C1. The number of hydrogen-bond acceptors (Lipinski definition) is 7. The molecule has 0 bridgehead atoms. The third kappa shape index (κ3) is 6.77. The van der Waals surface area contributed by atoms with Gasteiger partial charge in [0.25, 0.3) is 0 Å². The van der Waals surface area contributed by atoms with Gasteiger partial charge >= 0.3 is 0 Å². The van der Waals surface area contributed by atoms with Gasteiger partial charge in [0.05, 0.1) is 0 Å². The molecule has 1 aliphatic heterocycles. The number of nitrogens with one attached hydrogen (secondary N) is 2. The summed E-state index contributed by atoms with van der Waals surface area (Å²) in [5.74, 6) is 1.74. The van der Waals surface area contributed by atoms with Crippen LogP contribution in [0.1, 0.15) is 57.4 Å². The number of halogens is 1. The van der Waals surface area contributed by atoms with Crippen molar-refractivity contribution in [3.8, 4) is 0 Å². The van der Waals surface area contributed by atoms with E-state index >= 15 is 0 Å². The standard InChI is InChI=1S/C28H34FN7S2/c1-20-7-5-16-36(18-20)23-17-24(38-27-30-14-6-15-31-27)34-25(33-23)35-26(37)32-19-28(12-3-2-4-13-28)21-8-10-22(29)11-9-21/h6,8-11,14-15,17,20H,2-5,7,12-13,16,18-19H2,1H3,(H2,32,33,34,35,37)/t20-/m0/s1. The lowest BCUT2D eigenvalue weighted by atomic mass is 9.69. The van der Waals surface area contributed by atoms with Crippen molar-refractivity contribution in [2.24, 2.45) is 5.92 Å². The van der Waals surface area contributed by atoms with Crippen molar-refractivity contribution in [3.05, 3.63) is 60.2 Å². The highest BCUT2D eigenvalue weighted by atomic mass is 32.2. The molecule has 0 radical (unpaired) electrons.